The van der Waals surface area contributed by atoms with E-state index in [1.165, 1.54) is 0 Å². The summed E-state index contributed by atoms with van der Waals surface area (Å²) in [6.45, 7) is 1.58. The van der Waals surface area contributed by atoms with Gasteiger partial charge in [0.05, 0.1) is 35.7 Å². The highest BCUT2D eigenvalue weighted by Gasteiger charge is 2.20. The fourth-order valence-electron chi connectivity index (χ4n) is 1.65. The number of aromatic amines is 1. The highest BCUT2D eigenvalue weighted by Crippen LogP contribution is 2.24. The fourth-order valence-corrected chi connectivity index (χ4v) is 1.91. The van der Waals surface area contributed by atoms with Gasteiger partial charge in [-0.15, -0.1) is 0 Å². The molecule has 7 nitrogen and oxygen atoms in total. The Kier molecular flexibility index (Phi) is 3.95. The Hall–Kier alpha value is -1.44. The zero-order valence-corrected chi connectivity index (χ0v) is 11.1. The molecular formula is C10H16ClN7. The smallest absolute Gasteiger partial charge is 0.105 e. The van der Waals surface area contributed by atoms with Crippen molar-refractivity contribution in [3.63, 3.8) is 0 Å². The van der Waals surface area contributed by atoms with Gasteiger partial charge in [0, 0.05) is 6.54 Å². The normalized spacial score (nSPS) is 13.2. The molecule has 2 heterocycles. The number of halogens is 1. The standard InChI is InChI=1S/C10H16ClN7/c1-17(2)3-4-18-10(7(11)5-14-18)9(12)8-6-13-16-15-8/h5-6,9H,3-4,12H2,1-2H3,(H,13,15,16). The van der Waals surface area contributed by atoms with E-state index in [4.69, 9.17) is 17.3 Å². The topological polar surface area (TPSA) is 88.6 Å². The van der Waals surface area contributed by atoms with E-state index in [0.717, 1.165) is 18.8 Å². The average molecular weight is 270 g/mol. The van der Waals surface area contributed by atoms with Crippen LogP contribution < -0.4 is 5.73 Å². The molecule has 0 bridgehead atoms. The van der Waals surface area contributed by atoms with Gasteiger partial charge >= 0.3 is 0 Å². The first-order chi connectivity index (χ1) is 8.59. The minimum atomic E-state index is -0.430. The van der Waals surface area contributed by atoms with Gasteiger partial charge in [-0.25, -0.2) is 0 Å². The van der Waals surface area contributed by atoms with Crippen LogP contribution in [-0.4, -0.2) is 50.7 Å². The Morgan fingerprint density at radius 3 is 2.89 bits per heavy atom. The second-order valence-corrected chi connectivity index (χ2v) is 4.68. The Bertz CT molecular complexity index is 490. The quantitative estimate of drug-likeness (QED) is 0.813. The van der Waals surface area contributed by atoms with Crippen LogP contribution in [0, 0.1) is 0 Å². The summed E-state index contributed by atoms with van der Waals surface area (Å²) < 4.78 is 1.81. The van der Waals surface area contributed by atoms with Gasteiger partial charge in [0.25, 0.3) is 0 Å². The molecule has 0 saturated heterocycles. The summed E-state index contributed by atoms with van der Waals surface area (Å²) in [4.78, 5) is 2.07. The summed E-state index contributed by atoms with van der Waals surface area (Å²) in [7, 11) is 4.00. The first-order valence-corrected chi connectivity index (χ1v) is 5.94. The van der Waals surface area contributed by atoms with E-state index >= 15 is 0 Å². The molecule has 3 N–H and O–H groups in total. The van der Waals surface area contributed by atoms with E-state index in [9.17, 15) is 0 Å². The monoisotopic (exact) mass is 269 g/mol. The number of nitrogens with one attached hydrogen (secondary N) is 1. The number of nitrogens with two attached hydrogens (primary N) is 1. The molecule has 98 valence electrons. The summed E-state index contributed by atoms with van der Waals surface area (Å²) in [6, 6.07) is -0.430. The summed E-state index contributed by atoms with van der Waals surface area (Å²) in [5.74, 6) is 0. The maximum Gasteiger partial charge on any atom is 0.105 e. The van der Waals surface area contributed by atoms with Crippen LogP contribution in [0.15, 0.2) is 12.4 Å². The van der Waals surface area contributed by atoms with Gasteiger partial charge in [0.2, 0.25) is 0 Å². The van der Waals surface area contributed by atoms with Gasteiger partial charge in [-0.2, -0.15) is 20.5 Å². The molecule has 1 unspecified atom stereocenters. The lowest BCUT2D eigenvalue weighted by Gasteiger charge is -2.15. The third kappa shape index (κ3) is 2.69. The second-order valence-electron chi connectivity index (χ2n) is 4.28. The Morgan fingerprint density at radius 2 is 2.28 bits per heavy atom. The molecule has 0 aliphatic carbocycles. The summed E-state index contributed by atoms with van der Waals surface area (Å²) in [5.41, 5.74) is 7.53. The fraction of sp³-hybridized carbons (Fsp3) is 0.500. The molecule has 0 aliphatic rings. The summed E-state index contributed by atoms with van der Waals surface area (Å²) in [6.07, 6.45) is 3.19. The first-order valence-electron chi connectivity index (χ1n) is 5.56. The van der Waals surface area contributed by atoms with Crippen molar-refractivity contribution in [2.75, 3.05) is 20.6 Å². The number of likely N-dealkylation sites (N-methyl/N-ethyl adjacent to an activating group) is 1. The van der Waals surface area contributed by atoms with Gasteiger partial charge in [0.1, 0.15) is 5.69 Å². The summed E-state index contributed by atoms with van der Waals surface area (Å²) >= 11 is 6.14. The van der Waals surface area contributed by atoms with Gasteiger partial charge in [-0.3, -0.25) is 4.68 Å². The minimum Gasteiger partial charge on any atom is -0.318 e. The molecule has 2 aromatic rings. The van der Waals surface area contributed by atoms with Crippen LogP contribution in [0.5, 0.6) is 0 Å². The van der Waals surface area contributed by atoms with Crippen molar-refractivity contribution >= 4 is 11.6 Å². The average Bonchev–Trinajstić information content (AvgIpc) is 2.94. The lowest BCUT2D eigenvalue weighted by Crippen LogP contribution is -2.23. The molecule has 2 rings (SSSR count). The highest BCUT2D eigenvalue weighted by atomic mass is 35.5. The van der Waals surface area contributed by atoms with Crippen molar-refractivity contribution in [3.8, 4) is 0 Å². The molecule has 0 amide bonds. The van der Waals surface area contributed by atoms with Gasteiger partial charge < -0.3 is 10.6 Å². The van der Waals surface area contributed by atoms with Gasteiger partial charge in [0.15, 0.2) is 0 Å². The van der Waals surface area contributed by atoms with E-state index in [2.05, 4.69) is 25.4 Å². The zero-order valence-electron chi connectivity index (χ0n) is 10.3. The SMILES string of the molecule is CN(C)CCn1ncc(Cl)c1C(N)c1cn[nH]n1. The molecule has 0 aliphatic heterocycles. The number of aromatic nitrogens is 5. The lowest BCUT2D eigenvalue weighted by atomic mass is 10.1. The number of hydrogen-bond acceptors (Lipinski definition) is 5. The molecule has 0 fully saturated rings. The molecule has 0 spiro atoms. The minimum absolute atomic E-state index is 0.430. The third-order valence-electron chi connectivity index (χ3n) is 2.64. The van der Waals surface area contributed by atoms with Crippen LogP contribution in [-0.2, 0) is 6.54 Å². The van der Waals surface area contributed by atoms with E-state index < -0.39 is 6.04 Å². The van der Waals surface area contributed by atoms with Crippen LogP contribution >= 0.6 is 11.6 Å². The molecule has 1 atom stereocenters. The number of rotatable bonds is 5. The maximum atomic E-state index is 6.14. The molecule has 0 saturated carbocycles. The Morgan fingerprint density at radius 1 is 1.50 bits per heavy atom. The molecule has 18 heavy (non-hydrogen) atoms. The van der Waals surface area contributed by atoms with E-state index in [1.54, 1.807) is 12.4 Å². The number of hydrogen-bond donors (Lipinski definition) is 2. The number of H-pyrrole nitrogens is 1. The van der Waals surface area contributed by atoms with Crippen LogP contribution in [0.2, 0.25) is 5.02 Å². The molecular weight excluding hydrogens is 254 g/mol. The van der Waals surface area contributed by atoms with Crippen LogP contribution in [0.25, 0.3) is 0 Å². The van der Waals surface area contributed by atoms with Crippen molar-refractivity contribution in [2.24, 2.45) is 5.73 Å². The van der Waals surface area contributed by atoms with Crippen molar-refractivity contribution in [2.45, 2.75) is 12.6 Å². The molecule has 8 heteroatoms. The predicted molar refractivity (Wildman–Crippen MR) is 68.2 cm³/mol. The first kappa shape index (κ1) is 13.0. The maximum absolute atomic E-state index is 6.14. The van der Waals surface area contributed by atoms with Crippen LogP contribution in [0.4, 0.5) is 0 Å². The van der Waals surface area contributed by atoms with Crippen molar-refractivity contribution in [1.82, 2.24) is 30.1 Å². The molecule has 0 radical (unpaired) electrons. The Balaban J connectivity index is 2.23. The zero-order chi connectivity index (χ0) is 13.1. The van der Waals surface area contributed by atoms with Crippen LogP contribution in [0.1, 0.15) is 17.4 Å². The number of nitrogens with zero attached hydrogens (tertiary/aromatic N) is 5. The van der Waals surface area contributed by atoms with Crippen molar-refractivity contribution < 1.29 is 0 Å². The highest BCUT2D eigenvalue weighted by molar-refractivity contribution is 6.31. The van der Waals surface area contributed by atoms with E-state index in [-0.39, 0.29) is 0 Å². The predicted octanol–water partition coefficient (Wildman–Crippen LogP) is 0.264. The van der Waals surface area contributed by atoms with Crippen molar-refractivity contribution in [3.05, 3.63) is 28.8 Å². The summed E-state index contributed by atoms with van der Waals surface area (Å²) in [5, 5.41) is 15.1. The third-order valence-corrected chi connectivity index (χ3v) is 2.93. The Labute approximate surface area is 110 Å². The van der Waals surface area contributed by atoms with Gasteiger partial charge in [-0.05, 0) is 14.1 Å². The second kappa shape index (κ2) is 5.47. The van der Waals surface area contributed by atoms with E-state index in [0.29, 0.717) is 10.7 Å². The lowest BCUT2D eigenvalue weighted by molar-refractivity contribution is 0.368. The molecule has 0 aromatic carbocycles. The van der Waals surface area contributed by atoms with E-state index in [1.807, 2.05) is 18.8 Å². The van der Waals surface area contributed by atoms with Gasteiger partial charge in [-0.1, -0.05) is 11.6 Å². The van der Waals surface area contributed by atoms with Crippen molar-refractivity contribution in [1.29, 1.82) is 0 Å². The largest absolute Gasteiger partial charge is 0.318 e. The molecule has 2 aromatic heterocycles. The van der Waals surface area contributed by atoms with Crippen LogP contribution in [0.3, 0.4) is 0 Å².